The molecule has 114 valence electrons. The molecular weight excluding hydrogens is 281 g/mol. The zero-order valence-corrected chi connectivity index (χ0v) is 11.4. The number of hydrogen-bond donors (Lipinski definition) is 2. The number of carbonyl (C=O) groups is 1. The van der Waals surface area contributed by atoms with Crippen molar-refractivity contribution in [3.05, 3.63) is 29.3 Å². The third-order valence-electron chi connectivity index (χ3n) is 4.21. The Balaban J connectivity index is 1.81. The van der Waals surface area contributed by atoms with E-state index < -0.39 is 23.3 Å². The highest BCUT2D eigenvalue weighted by Gasteiger charge is 2.42. The Morgan fingerprint density at radius 2 is 1.76 bits per heavy atom. The Hall–Kier alpha value is -1.72. The van der Waals surface area contributed by atoms with Gasteiger partial charge in [-0.2, -0.15) is 13.2 Å². The molecule has 0 spiro atoms. The topological polar surface area (TPSA) is 55.1 Å². The zero-order chi connectivity index (χ0) is 15.2. The van der Waals surface area contributed by atoms with Gasteiger partial charge in [-0.05, 0) is 49.7 Å². The minimum atomic E-state index is -4.55. The predicted molar refractivity (Wildman–Crippen MR) is 72.6 cm³/mol. The lowest BCUT2D eigenvalue weighted by Gasteiger charge is -2.19. The molecule has 0 unspecified atom stereocenters. The molecule has 2 fully saturated rings. The molecule has 2 aliphatic rings. The van der Waals surface area contributed by atoms with E-state index >= 15 is 0 Å². The van der Waals surface area contributed by atoms with Crippen LogP contribution in [-0.4, -0.2) is 11.9 Å². The lowest BCUT2D eigenvalue weighted by atomic mass is 10.0. The standard InChI is InChI=1S/C15H17F3N2O/c16-15(17,18)11-3-1-2-10(12(11)19)14(21)20-13(8-4-5-8)9-6-7-9/h1-3,8-9,13H,4-7,19H2,(H,20,21). The number of nitrogens with one attached hydrogen (secondary N) is 1. The van der Waals surface area contributed by atoms with Gasteiger partial charge in [-0.15, -0.1) is 0 Å². The van der Waals surface area contributed by atoms with E-state index in [1.807, 2.05) is 0 Å². The first-order valence-corrected chi connectivity index (χ1v) is 7.14. The summed E-state index contributed by atoms with van der Waals surface area (Å²) in [6.07, 6.45) is -0.217. The number of benzene rings is 1. The SMILES string of the molecule is Nc1c(C(=O)NC(C2CC2)C2CC2)cccc1C(F)(F)F. The lowest BCUT2D eigenvalue weighted by Crippen LogP contribution is -2.38. The summed E-state index contributed by atoms with van der Waals surface area (Å²) in [5.41, 5.74) is 4.01. The molecule has 21 heavy (non-hydrogen) atoms. The first-order chi connectivity index (χ1) is 9.88. The van der Waals surface area contributed by atoms with E-state index in [4.69, 9.17) is 5.73 Å². The average molecular weight is 298 g/mol. The first-order valence-electron chi connectivity index (χ1n) is 7.14. The smallest absolute Gasteiger partial charge is 0.398 e. The number of alkyl halides is 3. The van der Waals surface area contributed by atoms with E-state index in [0.717, 1.165) is 31.7 Å². The second kappa shape index (κ2) is 4.93. The molecule has 0 bridgehead atoms. The van der Waals surface area contributed by atoms with Crippen molar-refractivity contribution in [2.45, 2.75) is 37.9 Å². The van der Waals surface area contributed by atoms with Crippen LogP contribution in [0.4, 0.5) is 18.9 Å². The van der Waals surface area contributed by atoms with E-state index in [1.165, 1.54) is 12.1 Å². The summed E-state index contributed by atoms with van der Waals surface area (Å²) < 4.78 is 38.5. The summed E-state index contributed by atoms with van der Waals surface area (Å²) in [6, 6.07) is 3.55. The molecule has 1 aromatic rings. The maximum atomic E-state index is 12.8. The zero-order valence-electron chi connectivity index (χ0n) is 11.4. The number of nitrogens with two attached hydrogens (primary N) is 1. The highest BCUT2D eigenvalue weighted by Crippen LogP contribution is 2.44. The van der Waals surface area contributed by atoms with Crippen LogP contribution in [0.1, 0.15) is 41.6 Å². The fourth-order valence-electron chi connectivity index (χ4n) is 2.77. The van der Waals surface area contributed by atoms with Crippen molar-refractivity contribution in [1.29, 1.82) is 0 Å². The number of amides is 1. The number of para-hydroxylation sites is 1. The Kier molecular flexibility index (Phi) is 3.34. The van der Waals surface area contributed by atoms with Gasteiger partial charge in [0.15, 0.2) is 0 Å². The van der Waals surface area contributed by atoms with Gasteiger partial charge < -0.3 is 11.1 Å². The van der Waals surface area contributed by atoms with Crippen molar-refractivity contribution in [3.8, 4) is 0 Å². The van der Waals surface area contributed by atoms with Crippen molar-refractivity contribution >= 4 is 11.6 Å². The molecule has 0 saturated heterocycles. The summed E-state index contributed by atoms with van der Waals surface area (Å²) in [5.74, 6) is 0.462. The second-order valence-corrected chi connectivity index (χ2v) is 5.94. The van der Waals surface area contributed by atoms with Crippen LogP contribution in [0.2, 0.25) is 0 Å². The van der Waals surface area contributed by atoms with Gasteiger partial charge in [-0.25, -0.2) is 0 Å². The van der Waals surface area contributed by atoms with E-state index in [1.54, 1.807) is 0 Å². The molecule has 3 N–H and O–H groups in total. The van der Waals surface area contributed by atoms with E-state index in [2.05, 4.69) is 5.32 Å². The molecule has 1 amide bonds. The van der Waals surface area contributed by atoms with Crippen LogP contribution in [0.3, 0.4) is 0 Å². The summed E-state index contributed by atoms with van der Waals surface area (Å²) >= 11 is 0. The fourth-order valence-corrected chi connectivity index (χ4v) is 2.77. The van der Waals surface area contributed by atoms with Crippen molar-refractivity contribution < 1.29 is 18.0 Å². The van der Waals surface area contributed by atoms with Crippen LogP contribution in [0.5, 0.6) is 0 Å². The molecule has 6 heteroatoms. The normalized spacial score (nSPS) is 18.9. The molecule has 0 radical (unpaired) electrons. The molecule has 0 heterocycles. The maximum absolute atomic E-state index is 12.8. The monoisotopic (exact) mass is 298 g/mol. The third kappa shape index (κ3) is 2.99. The lowest BCUT2D eigenvalue weighted by molar-refractivity contribution is -0.136. The third-order valence-corrected chi connectivity index (χ3v) is 4.21. The average Bonchev–Trinajstić information content (AvgIpc) is 3.27. The Morgan fingerprint density at radius 1 is 1.19 bits per heavy atom. The molecule has 3 rings (SSSR count). The number of carbonyl (C=O) groups excluding carboxylic acids is 1. The first kappa shape index (κ1) is 14.2. The summed E-state index contributed by atoms with van der Waals surface area (Å²) in [5, 5.41) is 2.89. The maximum Gasteiger partial charge on any atom is 0.418 e. The quantitative estimate of drug-likeness (QED) is 0.839. The molecule has 1 aromatic carbocycles. The minimum Gasteiger partial charge on any atom is -0.398 e. The Labute approximate surface area is 120 Å². The van der Waals surface area contributed by atoms with Crippen molar-refractivity contribution in [1.82, 2.24) is 5.32 Å². The predicted octanol–water partition coefficient (Wildman–Crippen LogP) is 3.21. The molecule has 0 atom stereocenters. The highest BCUT2D eigenvalue weighted by atomic mass is 19.4. The largest absolute Gasteiger partial charge is 0.418 e. The number of anilines is 1. The highest BCUT2D eigenvalue weighted by molar-refractivity contribution is 6.00. The minimum absolute atomic E-state index is 0.0869. The number of halogens is 3. The van der Waals surface area contributed by atoms with Crippen LogP contribution in [0.15, 0.2) is 18.2 Å². The number of hydrogen-bond acceptors (Lipinski definition) is 2. The van der Waals surface area contributed by atoms with Crippen molar-refractivity contribution in [3.63, 3.8) is 0 Å². The Bertz CT molecular complexity index is 551. The van der Waals surface area contributed by atoms with Crippen LogP contribution in [0, 0.1) is 11.8 Å². The molecule has 0 aliphatic heterocycles. The van der Waals surface area contributed by atoms with E-state index in [0.29, 0.717) is 11.8 Å². The van der Waals surface area contributed by atoms with E-state index in [9.17, 15) is 18.0 Å². The Morgan fingerprint density at radius 3 is 2.24 bits per heavy atom. The van der Waals surface area contributed by atoms with Gasteiger partial charge in [-0.3, -0.25) is 4.79 Å². The van der Waals surface area contributed by atoms with Gasteiger partial charge >= 0.3 is 6.18 Å². The van der Waals surface area contributed by atoms with Crippen molar-refractivity contribution in [2.75, 3.05) is 5.73 Å². The van der Waals surface area contributed by atoms with Gasteiger partial charge in [0, 0.05) is 6.04 Å². The number of nitrogen functional groups attached to an aromatic ring is 1. The fraction of sp³-hybridized carbons (Fsp3) is 0.533. The van der Waals surface area contributed by atoms with Gasteiger partial charge in [0.05, 0.1) is 16.8 Å². The summed E-state index contributed by atoms with van der Waals surface area (Å²) in [6.45, 7) is 0. The van der Waals surface area contributed by atoms with Gasteiger partial charge in [0.2, 0.25) is 0 Å². The van der Waals surface area contributed by atoms with Crippen LogP contribution >= 0.6 is 0 Å². The van der Waals surface area contributed by atoms with Gasteiger partial charge in [0.1, 0.15) is 0 Å². The second-order valence-electron chi connectivity index (χ2n) is 5.94. The number of rotatable bonds is 4. The van der Waals surface area contributed by atoms with Crippen molar-refractivity contribution in [2.24, 2.45) is 11.8 Å². The molecule has 2 saturated carbocycles. The summed E-state index contributed by atoms with van der Waals surface area (Å²) in [7, 11) is 0. The van der Waals surface area contributed by atoms with Crippen LogP contribution < -0.4 is 11.1 Å². The molecular formula is C15H17F3N2O. The van der Waals surface area contributed by atoms with Crippen LogP contribution in [0.25, 0.3) is 0 Å². The van der Waals surface area contributed by atoms with Crippen LogP contribution in [-0.2, 0) is 6.18 Å². The van der Waals surface area contributed by atoms with Gasteiger partial charge in [0.25, 0.3) is 5.91 Å². The molecule has 2 aliphatic carbocycles. The van der Waals surface area contributed by atoms with E-state index in [-0.39, 0.29) is 11.6 Å². The summed E-state index contributed by atoms with van der Waals surface area (Å²) in [4.78, 5) is 12.3. The van der Waals surface area contributed by atoms with Gasteiger partial charge in [-0.1, -0.05) is 6.07 Å². The molecule has 0 aromatic heterocycles. The molecule has 3 nitrogen and oxygen atoms in total.